The zero-order valence-electron chi connectivity index (χ0n) is 22.6. The molecular weight excluding hydrogens is 496 g/mol. The Bertz CT molecular complexity index is 1380. The van der Waals surface area contributed by atoms with E-state index in [1.165, 1.54) is 4.68 Å². The molecular formula is C29H37N6O4+. The third-order valence-electron chi connectivity index (χ3n) is 7.71. The number of hydrogen-bond acceptors (Lipinski definition) is 7. The van der Waals surface area contributed by atoms with Crippen molar-refractivity contribution in [3.8, 4) is 0 Å². The topological polar surface area (TPSA) is 147 Å². The molecule has 0 atom stereocenters. The van der Waals surface area contributed by atoms with Crippen LogP contribution < -0.4 is 15.4 Å². The number of amides is 1. The maximum atomic E-state index is 13.4. The molecule has 3 aliphatic rings. The van der Waals surface area contributed by atoms with E-state index in [9.17, 15) is 20.2 Å². The highest BCUT2D eigenvalue weighted by atomic mass is 16.5. The van der Waals surface area contributed by atoms with Gasteiger partial charge in [0.05, 0.1) is 34.5 Å². The van der Waals surface area contributed by atoms with E-state index >= 15 is 0 Å². The van der Waals surface area contributed by atoms with Crippen molar-refractivity contribution >= 4 is 17.3 Å². The van der Waals surface area contributed by atoms with Gasteiger partial charge in [0.15, 0.2) is 0 Å². The van der Waals surface area contributed by atoms with E-state index in [0.717, 1.165) is 30.4 Å². The highest BCUT2D eigenvalue weighted by Gasteiger charge is 2.36. The van der Waals surface area contributed by atoms with Crippen LogP contribution in [0.5, 0.6) is 0 Å². The standard InChI is InChI=1S/C29H36N6O4/c1-28(2,37)20-16-32-34(17-20)26-14-22(30)19(15-31-21-9-11-29(3,38)12-10-21)13-23(26)33-27(36)25-6-4-5-24(35(25)39)18-7-8-18/h4-6,13-18,21,30,36-39H,7-12H2,1-3H3/p+1/t21-,29-. The van der Waals surface area contributed by atoms with Gasteiger partial charge in [0.25, 0.3) is 0 Å². The van der Waals surface area contributed by atoms with Crippen LogP contribution in [0.25, 0.3) is 5.70 Å². The van der Waals surface area contributed by atoms with Crippen molar-refractivity contribution in [2.24, 2.45) is 0 Å². The van der Waals surface area contributed by atoms with Gasteiger partial charge >= 0.3 is 11.6 Å². The van der Waals surface area contributed by atoms with Crippen molar-refractivity contribution in [1.29, 1.82) is 5.41 Å². The number of rotatable bonds is 7. The minimum Gasteiger partial charge on any atom is -0.390 e. The van der Waals surface area contributed by atoms with Crippen LogP contribution in [-0.2, 0) is 5.60 Å². The average molecular weight is 534 g/mol. The largest absolute Gasteiger partial charge is 0.390 e. The summed E-state index contributed by atoms with van der Waals surface area (Å²) in [5, 5.41) is 50.7. The van der Waals surface area contributed by atoms with Gasteiger partial charge in [-0.2, -0.15) is 5.10 Å². The summed E-state index contributed by atoms with van der Waals surface area (Å²) in [6.07, 6.45) is 13.3. The Hall–Kier alpha value is -3.76. The Kier molecular flexibility index (Phi) is 6.94. The fourth-order valence-corrected chi connectivity index (χ4v) is 4.96. The van der Waals surface area contributed by atoms with Crippen molar-refractivity contribution < 1.29 is 24.9 Å². The molecule has 2 fully saturated rings. The lowest BCUT2D eigenvalue weighted by atomic mass is 9.84. The highest BCUT2D eigenvalue weighted by molar-refractivity contribution is 6.14. The van der Waals surface area contributed by atoms with E-state index in [0.29, 0.717) is 41.1 Å². The number of nitrogens with one attached hydrogen (secondary N) is 3. The molecule has 0 aromatic carbocycles. The number of carbonyl (C=O) groups is 1. The van der Waals surface area contributed by atoms with Crippen molar-refractivity contribution in [3.05, 3.63) is 77.2 Å². The molecule has 0 spiro atoms. The normalized spacial score (nSPS) is 24.8. The maximum absolute atomic E-state index is 13.4. The van der Waals surface area contributed by atoms with Crippen molar-refractivity contribution in [1.82, 2.24) is 20.4 Å². The first kappa shape index (κ1) is 26.8. The minimum absolute atomic E-state index is 0.107. The van der Waals surface area contributed by atoms with E-state index in [2.05, 4.69) is 15.7 Å². The van der Waals surface area contributed by atoms with E-state index in [4.69, 9.17) is 5.41 Å². The average Bonchev–Trinajstić information content (AvgIpc) is 3.58. The van der Waals surface area contributed by atoms with Gasteiger partial charge in [0.2, 0.25) is 5.69 Å². The molecule has 2 saturated carbocycles. The number of allylic oxidation sites excluding steroid dienone is 4. The first-order valence-electron chi connectivity index (χ1n) is 13.5. The molecule has 2 aromatic rings. The number of nitrogens with zero attached hydrogens (tertiary/aromatic N) is 3. The first-order valence-corrected chi connectivity index (χ1v) is 13.5. The molecule has 0 unspecified atom stereocenters. The number of aliphatic hydroxyl groups is 2. The zero-order chi connectivity index (χ0) is 27.9. The highest BCUT2D eigenvalue weighted by Crippen LogP contribution is 2.38. The smallest absolute Gasteiger partial charge is 0.325 e. The van der Waals surface area contributed by atoms with E-state index < -0.39 is 17.1 Å². The van der Waals surface area contributed by atoms with Crippen LogP contribution in [0.2, 0.25) is 0 Å². The van der Waals surface area contributed by atoms with E-state index in [-0.39, 0.29) is 23.4 Å². The fourth-order valence-electron chi connectivity index (χ4n) is 4.96. The number of carbonyl (C=O) groups excluding carboxylic acids is 1. The van der Waals surface area contributed by atoms with Crippen LogP contribution in [0.1, 0.15) is 87.0 Å². The van der Waals surface area contributed by atoms with Crippen LogP contribution in [0.15, 0.2) is 60.2 Å². The lowest BCUT2D eigenvalue weighted by molar-refractivity contribution is -0.910. The number of pyridine rings is 1. The Morgan fingerprint density at radius 3 is 2.59 bits per heavy atom. The summed E-state index contributed by atoms with van der Waals surface area (Å²) in [5.41, 5.74) is 1.31. The second-order valence-corrected chi connectivity index (χ2v) is 11.6. The molecule has 5 rings (SSSR count). The van der Waals surface area contributed by atoms with Gasteiger partial charge in [0.1, 0.15) is 0 Å². The molecule has 0 saturated heterocycles. The van der Waals surface area contributed by atoms with Gasteiger partial charge in [-0.05, 0) is 77.5 Å². The van der Waals surface area contributed by atoms with Gasteiger partial charge in [-0.25, -0.2) is 4.68 Å². The van der Waals surface area contributed by atoms with Crippen molar-refractivity contribution in [2.75, 3.05) is 0 Å². The summed E-state index contributed by atoms with van der Waals surface area (Å²) < 4.78 is 2.48. The molecule has 0 bridgehead atoms. The Morgan fingerprint density at radius 2 is 1.95 bits per heavy atom. The summed E-state index contributed by atoms with van der Waals surface area (Å²) in [6, 6.07) is 5.32. The molecule has 10 nitrogen and oxygen atoms in total. The molecule has 0 radical (unpaired) electrons. The Labute approximate surface area is 227 Å². The molecule has 3 aliphatic carbocycles. The fraction of sp³-hybridized carbons (Fsp3) is 0.448. The lowest BCUT2D eigenvalue weighted by Crippen LogP contribution is -2.45. The molecule has 2 heterocycles. The van der Waals surface area contributed by atoms with Crippen molar-refractivity contribution in [2.45, 2.75) is 82.5 Å². The van der Waals surface area contributed by atoms with Gasteiger partial charge in [-0.3, -0.25) is 10.0 Å². The molecule has 0 aliphatic heterocycles. The molecule has 10 heteroatoms. The second-order valence-electron chi connectivity index (χ2n) is 11.6. The SMILES string of the molecule is CC(C)(O)c1cnn(C2=CC(=N)/C(=C\N[C@H]3CC[C@](C)(O)CC3)C=C2NC(=O)c2cccc(C3CC3)[n+]2O)c1. The minimum atomic E-state index is -1.11. The van der Waals surface area contributed by atoms with Crippen LogP contribution in [0, 0.1) is 5.41 Å². The Balaban J connectivity index is 1.44. The second kappa shape index (κ2) is 10.1. The molecule has 39 heavy (non-hydrogen) atoms. The number of aromatic nitrogens is 3. The molecule has 6 N–H and O–H groups in total. The zero-order valence-corrected chi connectivity index (χ0v) is 22.6. The van der Waals surface area contributed by atoms with E-state index in [1.54, 1.807) is 56.7 Å². The quantitative estimate of drug-likeness (QED) is 0.238. The van der Waals surface area contributed by atoms with Crippen LogP contribution in [0.4, 0.5) is 0 Å². The van der Waals surface area contributed by atoms with Gasteiger partial charge < -0.3 is 26.3 Å². The predicted molar refractivity (Wildman–Crippen MR) is 145 cm³/mol. The molecule has 206 valence electrons. The lowest BCUT2D eigenvalue weighted by Gasteiger charge is -2.33. The summed E-state index contributed by atoms with van der Waals surface area (Å²) in [5.74, 6) is -0.247. The number of hydrogen-bond donors (Lipinski definition) is 6. The van der Waals surface area contributed by atoms with Crippen LogP contribution in [0.3, 0.4) is 0 Å². The summed E-state index contributed by atoms with van der Waals surface area (Å²) in [7, 11) is 0. The monoisotopic (exact) mass is 533 g/mol. The van der Waals surface area contributed by atoms with Gasteiger partial charge in [-0.1, -0.05) is 0 Å². The molecule has 2 aromatic heterocycles. The van der Waals surface area contributed by atoms with Crippen molar-refractivity contribution in [3.63, 3.8) is 0 Å². The van der Waals surface area contributed by atoms with Gasteiger partial charge in [0, 0.05) is 52.4 Å². The third kappa shape index (κ3) is 5.97. The molecule has 1 amide bonds. The van der Waals surface area contributed by atoms with Crippen LogP contribution in [-0.4, -0.2) is 48.5 Å². The Morgan fingerprint density at radius 1 is 1.23 bits per heavy atom. The van der Waals surface area contributed by atoms with Crippen LogP contribution >= 0.6 is 0 Å². The summed E-state index contributed by atoms with van der Waals surface area (Å²) in [6.45, 7) is 5.18. The summed E-state index contributed by atoms with van der Waals surface area (Å²) >= 11 is 0. The van der Waals surface area contributed by atoms with Gasteiger partial charge in [-0.15, -0.1) is 0 Å². The maximum Gasteiger partial charge on any atom is 0.325 e. The first-order chi connectivity index (χ1) is 18.4. The van der Waals surface area contributed by atoms with E-state index in [1.807, 2.05) is 13.0 Å². The predicted octanol–water partition coefficient (Wildman–Crippen LogP) is 2.87. The summed E-state index contributed by atoms with van der Waals surface area (Å²) in [4.78, 5) is 13.4. The third-order valence-corrected chi connectivity index (χ3v) is 7.71.